The lowest BCUT2D eigenvalue weighted by molar-refractivity contribution is -0.192. The van der Waals surface area contributed by atoms with Crippen LogP contribution >= 0.6 is 0 Å². The Morgan fingerprint density at radius 3 is 1.90 bits per heavy atom. The molecule has 3 atom stereocenters. The highest BCUT2D eigenvalue weighted by atomic mass is 19.4. The van der Waals surface area contributed by atoms with Crippen LogP contribution in [0.4, 0.5) is 18.0 Å². The van der Waals surface area contributed by atoms with E-state index in [9.17, 15) is 32.7 Å². The highest BCUT2D eigenvalue weighted by Gasteiger charge is 2.38. The van der Waals surface area contributed by atoms with Crippen molar-refractivity contribution in [2.24, 2.45) is 5.73 Å². The fraction of sp³-hybridized carbons (Fsp3) is 0.407. The number of carboxylic acids is 2. The standard InChI is InChI=1S/C25H34N4O4.C2HF3O2/c1-18(20-12-6-3-7-13-20)17-27-23(30)22(16-19-10-4-2-5-11-19)29-25(33)28-21(24(31)32)14-8-9-15-26;3-2(4,5)1(6)7/h2-7,10-13,18,21-22H,8-9,14-17,26H2,1H3,(H,27,30)(H,31,32)(H2,28,29,33);(H,6,7)/t18?,21-,22+;/m0./s1. The van der Waals surface area contributed by atoms with Gasteiger partial charge in [0.05, 0.1) is 0 Å². The minimum absolute atomic E-state index is 0.0975. The summed E-state index contributed by atoms with van der Waals surface area (Å²) in [6.07, 6.45) is -3.28. The number of nitrogens with two attached hydrogens (primary N) is 1. The van der Waals surface area contributed by atoms with E-state index in [1.165, 1.54) is 0 Å². The van der Waals surface area contributed by atoms with Gasteiger partial charge in [-0.15, -0.1) is 0 Å². The van der Waals surface area contributed by atoms with Gasteiger partial charge in [-0.25, -0.2) is 14.4 Å². The molecule has 10 nitrogen and oxygen atoms in total. The van der Waals surface area contributed by atoms with Crippen LogP contribution in [0.15, 0.2) is 60.7 Å². The van der Waals surface area contributed by atoms with E-state index in [0.717, 1.165) is 11.1 Å². The van der Waals surface area contributed by atoms with Gasteiger partial charge in [-0.05, 0) is 42.9 Å². The molecular formula is C27H35F3N4O6. The van der Waals surface area contributed by atoms with Crippen LogP contribution in [0.2, 0.25) is 0 Å². The molecule has 0 aliphatic rings. The van der Waals surface area contributed by atoms with E-state index >= 15 is 0 Å². The zero-order chi connectivity index (χ0) is 30.1. The number of amides is 3. The molecule has 0 saturated heterocycles. The molecule has 13 heteroatoms. The lowest BCUT2D eigenvalue weighted by atomic mass is 10.0. The Balaban J connectivity index is 0.00000101. The number of carbonyl (C=O) groups is 4. The topological polar surface area (TPSA) is 171 Å². The summed E-state index contributed by atoms with van der Waals surface area (Å²) in [5.74, 6) is -4.11. The Morgan fingerprint density at radius 2 is 1.40 bits per heavy atom. The SMILES string of the molecule is CC(CNC(=O)[C@@H](Cc1ccccc1)NC(=O)N[C@@H](CCCCN)C(=O)O)c1ccccc1.O=C(O)C(F)(F)F. The Kier molecular flexibility index (Phi) is 14.8. The summed E-state index contributed by atoms with van der Waals surface area (Å²) in [6.45, 7) is 2.88. The smallest absolute Gasteiger partial charge is 0.480 e. The Hall–Kier alpha value is -4.13. The van der Waals surface area contributed by atoms with Gasteiger partial charge < -0.3 is 31.9 Å². The molecule has 0 spiro atoms. The lowest BCUT2D eigenvalue weighted by Crippen LogP contribution is -2.54. The van der Waals surface area contributed by atoms with Crippen LogP contribution in [0.3, 0.4) is 0 Å². The van der Waals surface area contributed by atoms with Crippen molar-refractivity contribution >= 4 is 23.9 Å². The zero-order valence-electron chi connectivity index (χ0n) is 22.0. The quantitative estimate of drug-likeness (QED) is 0.202. The molecule has 0 saturated carbocycles. The van der Waals surface area contributed by atoms with Crippen LogP contribution in [0.25, 0.3) is 0 Å². The number of carbonyl (C=O) groups excluding carboxylic acids is 2. The summed E-state index contributed by atoms with van der Waals surface area (Å²) < 4.78 is 31.7. The van der Waals surface area contributed by atoms with E-state index in [1.807, 2.05) is 67.6 Å². The van der Waals surface area contributed by atoms with Crippen LogP contribution in [-0.2, 0) is 20.8 Å². The third-order valence-corrected chi connectivity index (χ3v) is 5.65. The van der Waals surface area contributed by atoms with Crippen molar-refractivity contribution in [2.45, 2.75) is 56.8 Å². The summed E-state index contributed by atoms with van der Waals surface area (Å²) in [5.41, 5.74) is 7.44. The van der Waals surface area contributed by atoms with Gasteiger partial charge >= 0.3 is 24.1 Å². The van der Waals surface area contributed by atoms with E-state index < -0.39 is 36.2 Å². The predicted molar refractivity (Wildman–Crippen MR) is 141 cm³/mol. The van der Waals surface area contributed by atoms with E-state index in [4.69, 9.17) is 15.6 Å². The maximum atomic E-state index is 13.0. The number of alkyl halides is 3. The molecule has 220 valence electrons. The average Bonchev–Trinajstić information content (AvgIpc) is 2.91. The molecule has 7 N–H and O–H groups in total. The van der Waals surface area contributed by atoms with Gasteiger partial charge in [-0.1, -0.05) is 67.6 Å². The first-order chi connectivity index (χ1) is 18.8. The first kappa shape index (κ1) is 33.9. The number of hydrogen-bond acceptors (Lipinski definition) is 5. The molecule has 40 heavy (non-hydrogen) atoms. The van der Waals surface area contributed by atoms with E-state index in [0.29, 0.717) is 25.9 Å². The predicted octanol–water partition coefficient (Wildman–Crippen LogP) is 3.03. The summed E-state index contributed by atoms with van der Waals surface area (Å²) >= 11 is 0. The van der Waals surface area contributed by atoms with Crippen molar-refractivity contribution in [1.29, 1.82) is 0 Å². The van der Waals surface area contributed by atoms with Gasteiger partial charge in [0, 0.05) is 13.0 Å². The zero-order valence-corrected chi connectivity index (χ0v) is 22.0. The largest absolute Gasteiger partial charge is 0.490 e. The number of carboxylic acid groups (broad SMARTS) is 2. The highest BCUT2D eigenvalue weighted by molar-refractivity contribution is 5.89. The molecule has 0 radical (unpaired) electrons. The summed E-state index contributed by atoms with van der Waals surface area (Å²) in [5, 5.41) is 24.6. The molecule has 0 fully saturated rings. The Morgan fingerprint density at radius 1 is 0.875 bits per heavy atom. The second-order valence-corrected chi connectivity index (χ2v) is 8.90. The number of nitrogens with one attached hydrogen (secondary N) is 3. The van der Waals surface area contributed by atoms with Crippen LogP contribution in [-0.4, -0.2) is 65.4 Å². The van der Waals surface area contributed by atoms with Crippen LogP contribution < -0.4 is 21.7 Å². The molecule has 0 bridgehead atoms. The first-order valence-corrected chi connectivity index (χ1v) is 12.5. The molecule has 0 aliphatic carbocycles. The molecular weight excluding hydrogens is 533 g/mol. The second-order valence-electron chi connectivity index (χ2n) is 8.90. The number of benzene rings is 2. The maximum absolute atomic E-state index is 13.0. The van der Waals surface area contributed by atoms with Crippen molar-refractivity contribution in [2.75, 3.05) is 13.1 Å². The molecule has 2 aromatic rings. The monoisotopic (exact) mass is 568 g/mol. The molecule has 0 heterocycles. The highest BCUT2D eigenvalue weighted by Crippen LogP contribution is 2.14. The molecule has 2 rings (SSSR count). The van der Waals surface area contributed by atoms with Crippen molar-refractivity contribution in [3.63, 3.8) is 0 Å². The Labute approximate surface area is 230 Å². The van der Waals surface area contributed by atoms with Gasteiger partial charge in [0.15, 0.2) is 0 Å². The van der Waals surface area contributed by atoms with Gasteiger partial charge in [-0.2, -0.15) is 13.2 Å². The third-order valence-electron chi connectivity index (χ3n) is 5.65. The fourth-order valence-electron chi connectivity index (χ4n) is 3.44. The molecule has 3 amide bonds. The number of halogens is 3. The lowest BCUT2D eigenvalue weighted by Gasteiger charge is -2.22. The maximum Gasteiger partial charge on any atom is 0.490 e. The molecule has 0 aliphatic heterocycles. The number of aliphatic carboxylic acids is 2. The fourth-order valence-corrected chi connectivity index (χ4v) is 3.44. The minimum atomic E-state index is -5.08. The van der Waals surface area contributed by atoms with Crippen molar-refractivity contribution < 1.29 is 42.6 Å². The minimum Gasteiger partial charge on any atom is -0.480 e. The van der Waals surface area contributed by atoms with Crippen molar-refractivity contribution in [3.05, 3.63) is 71.8 Å². The van der Waals surface area contributed by atoms with E-state index in [-0.39, 0.29) is 24.7 Å². The van der Waals surface area contributed by atoms with Gasteiger partial charge in [0.25, 0.3) is 0 Å². The second kappa shape index (κ2) is 17.5. The molecule has 0 aromatic heterocycles. The first-order valence-electron chi connectivity index (χ1n) is 12.5. The summed E-state index contributed by atoms with van der Waals surface area (Å²) in [6, 6.07) is 16.6. The van der Waals surface area contributed by atoms with Crippen molar-refractivity contribution in [3.8, 4) is 0 Å². The third kappa shape index (κ3) is 13.6. The van der Waals surface area contributed by atoms with Crippen molar-refractivity contribution in [1.82, 2.24) is 16.0 Å². The van der Waals surface area contributed by atoms with Crippen LogP contribution in [0.5, 0.6) is 0 Å². The summed E-state index contributed by atoms with van der Waals surface area (Å²) in [4.78, 5) is 45.9. The number of urea groups is 1. The van der Waals surface area contributed by atoms with E-state index in [1.54, 1.807) is 0 Å². The van der Waals surface area contributed by atoms with Crippen LogP contribution in [0.1, 0.15) is 43.2 Å². The molecule has 1 unspecified atom stereocenters. The van der Waals surface area contributed by atoms with Gasteiger partial charge in [0.2, 0.25) is 5.91 Å². The van der Waals surface area contributed by atoms with Gasteiger partial charge in [-0.3, -0.25) is 4.79 Å². The van der Waals surface area contributed by atoms with Gasteiger partial charge in [0.1, 0.15) is 12.1 Å². The number of unbranched alkanes of at least 4 members (excludes halogenated alkanes) is 1. The van der Waals surface area contributed by atoms with E-state index in [2.05, 4.69) is 16.0 Å². The number of hydrogen-bond donors (Lipinski definition) is 6. The summed E-state index contributed by atoms with van der Waals surface area (Å²) in [7, 11) is 0. The molecule has 2 aromatic carbocycles. The number of rotatable bonds is 13. The average molecular weight is 569 g/mol. The van der Waals surface area contributed by atoms with Crippen LogP contribution in [0, 0.1) is 0 Å². The normalized spacial score (nSPS) is 13.0. The Bertz CT molecular complexity index is 1070.